The van der Waals surface area contributed by atoms with Crippen LogP contribution in [0.25, 0.3) is 11.1 Å². The van der Waals surface area contributed by atoms with Crippen molar-refractivity contribution < 1.29 is 23.8 Å². The van der Waals surface area contributed by atoms with Crippen LogP contribution in [0, 0.1) is 0 Å². The van der Waals surface area contributed by atoms with Crippen LogP contribution in [0.4, 0.5) is 10.5 Å². The van der Waals surface area contributed by atoms with Crippen molar-refractivity contribution in [3.05, 3.63) is 48.0 Å². The zero-order chi connectivity index (χ0) is 26.6. The minimum atomic E-state index is -0.199. The van der Waals surface area contributed by atoms with E-state index >= 15 is 0 Å². The normalized spacial score (nSPS) is 13.8. The Labute approximate surface area is 218 Å². The number of hydrogen-bond acceptors (Lipinski definition) is 6. The van der Waals surface area contributed by atoms with Crippen molar-refractivity contribution in [2.45, 2.75) is 19.3 Å². The first-order chi connectivity index (χ1) is 17.9. The Kier molecular flexibility index (Phi) is 10.7. The Morgan fingerprint density at radius 2 is 1.95 bits per heavy atom. The Hall–Kier alpha value is -3.63. The van der Waals surface area contributed by atoms with E-state index in [4.69, 9.17) is 19.9 Å². The summed E-state index contributed by atoms with van der Waals surface area (Å²) in [4.78, 5) is 32.3. The largest absolute Gasteiger partial charge is 0.493 e. The van der Waals surface area contributed by atoms with Crippen molar-refractivity contribution in [3.8, 4) is 16.9 Å². The van der Waals surface area contributed by atoms with Gasteiger partial charge in [0.05, 0.1) is 19.8 Å². The molecule has 0 bridgehead atoms. The van der Waals surface area contributed by atoms with Crippen LogP contribution in [0.3, 0.4) is 0 Å². The summed E-state index contributed by atoms with van der Waals surface area (Å²) in [5.74, 6) is 0.609. The summed E-state index contributed by atoms with van der Waals surface area (Å²) in [7, 11) is 4.96. The fourth-order valence-electron chi connectivity index (χ4n) is 3.94. The maximum atomic E-state index is 13.0. The van der Waals surface area contributed by atoms with Crippen molar-refractivity contribution >= 4 is 23.6 Å². The molecule has 0 aromatic heterocycles. The lowest BCUT2D eigenvalue weighted by Crippen LogP contribution is -2.47. The van der Waals surface area contributed by atoms with Gasteiger partial charge in [0.25, 0.3) is 0 Å². The molecule has 0 radical (unpaired) electrons. The number of hydrogen-bond donors (Lipinski definition) is 2. The van der Waals surface area contributed by atoms with E-state index in [1.54, 1.807) is 24.0 Å². The topological polar surface area (TPSA) is 119 Å². The Bertz CT molecular complexity index is 1080. The van der Waals surface area contributed by atoms with Crippen molar-refractivity contribution in [2.75, 3.05) is 65.6 Å². The number of urea groups is 1. The van der Waals surface area contributed by atoms with Crippen LogP contribution in [0.15, 0.2) is 47.5 Å². The van der Waals surface area contributed by atoms with E-state index in [0.717, 1.165) is 28.8 Å². The first-order valence-electron chi connectivity index (χ1n) is 12.4. The molecule has 0 aliphatic carbocycles. The lowest BCUT2D eigenvalue weighted by atomic mass is 10.00. The van der Waals surface area contributed by atoms with Gasteiger partial charge in [0, 0.05) is 65.0 Å². The van der Waals surface area contributed by atoms with Crippen molar-refractivity contribution in [1.29, 1.82) is 0 Å². The molecular weight excluding hydrogens is 474 g/mol. The molecule has 0 atom stereocenters. The van der Waals surface area contributed by atoms with Gasteiger partial charge in [-0.3, -0.25) is 20.0 Å². The van der Waals surface area contributed by atoms with Gasteiger partial charge in [0.1, 0.15) is 5.75 Å². The average Bonchev–Trinajstić information content (AvgIpc) is 2.94. The Morgan fingerprint density at radius 3 is 2.68 bits per heavy atom. The van der Waals surface area contributed by atoms with Gasteiger partial charge < -0.3 is 24.8 Å². The molecule has 3 N–H and O–H groups in total. The van der Waals surface area contributed by atoms with Gasteiger partial charge in [-0.05, 0) is 35.7 Å². The van der Waals surface area contributed by atoms with E-state index in [-0.39, 0.29) is 24.3 Å². The average molecular weight is 512 g/mol. The summed E-state index contributed by atoms with van der Waals surface area (Å²) < 4.78 is 16.7. The predicted molar refractivity (Wildman–Crippen MR) is 144 cm³/mol. The molecule has 2 aromatic rings. The summed E-state index contributed by atoms with van der Waals surface area (Å²) in [6.45, 7) is 3.36. The third-order valence-electron chi connectivity index (χ3n) is 6.06. The highest BCUT2D eigenvalue weighted by atomic mass is 16.5. The van der Waals surface area contributed by atoms with E-state index in [9.17, 15) is 9.59 Å². The van der Waals surface area contributed by atoms with Crippen LogP contribution in [0.2, 0.25) is 0 Å². The molecule has 1 aliphatic rings. The van der Waals surface area contributed by atoms with Gasteiger partial charge in [-0.1, -0.05) is 24.3 Å². The summed E-state index contributed by atoms with van der Waals surface area (Å²) in [6.07, 6.45) is 1.53. The number of nitrogens with two attached hydrogens (primary N) is 1. The Balaban J connectivity index is 1.80. The van der Waals surface area contributed by atoms with Gasteiger partial charge in [0.2, 0.25) is 5.91 Å². The van der Waals surface area contributed by atoms with E-state index in [2.05, 4.69) is 10.3 Å². The zero-order valence-electron chi connectivity index (χ0n) is 21.9. The highest BCUT2D eigenvalue weighted by molar-refractivity contribution is 5.96. The van der Waals surface area contributed by atoms with Gasteiger partial charge in [-0.15, -0.1) is 0 Å². The second kappa shape index (κ2) is 14.2. The highest BCUT2D eigenvalue weighted by Gasteiger charge is 2.22. The summed E-state index contributed by atoms with van der Waals surface area (Å²) in [5.41, 5.74) is 9.16. The number of nitrogens with zero attached hydrogens (tertiary/aromatic N) is 3. The quantitative estimate of drug-likeness (QED) is 0.288. The zero-order valence-corrected chi connectivity index (χ0v) is 21.9. The number of morpholine rings is 1. The maximum Gasteiger partial charge on any atom is 0.324 e. The number of nitrogens with one attached hydrogen (secondary N) is 1. The fourth-order valence-corrected chi connectivity index (χ4v) is 3.94. The fraction of sp³-hybridized carbons (Fsp3) is 0.444. The molecule has 1 heterocycles. The van der Waals surface area contributed by atoms with Crippen LogP contribution < -0.4 is 20.7 Å². The molecule has 2 aromatic carbocycles. The minimum Gasteiger partial charge on any atom is -0.493 e. The summed E-state index contributed by atoms with van der Waals surface area (Å²) >= 11 is 0. The summed E-state index contributed by atoms with van der Waals surface area (Å²) in [5, 5.41) is 2.55. The van der Waals surface area contributed by atoms with E-state index in [0.29, 0.717) is 51.7 Å². The molecule has 1 fully saturated rings. The van der Waals surface area contributed by atoms with Crippen LogP contribution in [0.5, 0.6) is 5.75 Å². The van der Waals surface area contributed by atoms with Crippen LogP contribution in [-0.2, 0) is 20.7 Å². The smallest absolute Gasteiger partial charge is 0.324 e. The van der Waals surface area contributed by atoms with E-state index < -0.39 is 0 Å². The SMILES string of the molecule is CN=C(N)NC(=O)CCc1ccc(-c2cccc(N(C)C(=O)N3CCOCC3)c2)c(OCCCOC)c1. The molecular formula is C27H37N5O5. The second-order valence-electron chi connectivity index (χ2n) is 8.67. The molecule has 0 unspecified atom stereocenters. The number of methoxy groups -OCH3 is 1. The van der Waals surface area contributed by atoms with Gasteiger partial charge >= 0.3 is 6.03 Å². The molecule has 3 rings (SSSR count). The predicted octanol–water partition coefficient (Wildman–Crippen LogP) is 2.65. The molecule has 1 aliphatic heterocycles. The third-order valence-corrected chi connectivity index (χ3v) is 6.06. The number of rotatable bonds is 10. The first-order valence-corrected chi connectivity index (χ1v) is 12.4. The number of carbonyl (C=O) groups excluding carboxylic acids is 2. The van der Waals surface area contributed by atoms with Gasteiger partial charge in [0.15, 0.2) is 5.96 Å². The number of anilines is 1. The van der Waals surface area contributed by atoms with E-state index in [1.807, 2.05) is 42.5 Å². The molecule has 10 heteroatoms. The second-order valence-corrected chi connectivity index (χ2v) is 8.67. The highest BCUT2D eigenvalue weighted by Crippen LogP contribution is 2.34. The number of carbonyl (C=O) groups is 2. The standard InChI is InChI=1S/C27H37N5O5/c1-29-26(28)30-25(33)11-9-20-8-10-23(24(18-20)37-15-5-14-35-3)21-6-4-7-22(19-21)31(2)27(34)32-12-16-36-17-13-32/h4,6-8,10,18-19H,5,9,11-17H2,1-3H3,(H3,28,29,30,33). The van der Waals surface area contributed by atoms with Crippen molar-refractivity contribution in [3.63, 3.8) is 0 Å². The third kappa shape index (κ3) is 8.19. The lowest BCUT2D eigenvalue weighted by Gasteiger charge is -2.31. The number of ether oxygens (including phenoxy) is 3. The van der Waals surface area contributed by atoms with Crippen LogP contribution >= 0.6 is 0 Å². The monoisotopic (exact) mass is 511 g/mol. The minimum absolute atomic E-state index is 0.0566. The molecule has 1 saturated heterocycles. The van der Waals surface area contributed by atoms with Crippen molar-refractivity contribution in [2.24, 2.45) is 10.7 Å². The van der Waals surface area contributed by atoms with Crippen LogP contribution in [0.1, 0.15) is 18.4 Å². The summed E-state index contributed by atoms with van der Waals surface area (Å²) in [6, 6.07) is 13.7. The van der Waals surface area contributed by atoms with Gasteiger partial charge in [-0.2, -0.15) is 0 Å². The van der Waals surface area contributed by atoms with Crippen LogP contribution in [-0.4, -0.2) is 83.5 Å². The molecule has 3 amide bonds. The molecule has 10 nitrogen and oxygen atoms in total. The van der Waals surface area contributed by atoms with Gasteiger partial charge in [-0.25, -0.2) is 4.79 Å². The number of amides is 3. The number of guanidine groups is 1. The number of aryl methyl sites for hydroxylation is 1. The molecule has 37 heavy (non-hydrogen) atoms. The maximum absolute atomic E-state index is 13.0. The van der Waals surface area contributed by atoms with E-state index in [1.165, 1.54) is 7.05 Å². The number of benzene rings is 2. The molecule has 0 spiro atoms. The lowest BCUT2D eigenvalue weighted by molar-refractivity contribution is -0.119. The molecule has 200 valence electrons. The first kappa shape index (κ1) is 27.9. The Morgan fingerprint density at radius 1 is 1.16 bits per heavy atom. The number of aliphatic imine (C=N–C) groups is 1. The van der Waals surface area contributed by atoms with Crippen molar-refractivity contribution in [1.82, 2.24) is 10.2 Å². The molecule has 0 saturated carbocycles.